The summed E-state index contributed by atoms with van der Waals surface area (Å²) in [6.07, 6.45) is 0.532. The third kappa shape index (κ3) is 3.15. The van der Waals surface area contributed by atoms with Crippen LogP contribution in [0.2, 0.25) is 0 Å². The normalized spacial score (nSPS) is 22.9. The zero-order chi connectivity index (χ0) is 22.4. The Morgan fingerprint density at radius 1 is 0.875 bits per heavy atom. The van der Waals surface area contributed by atoms with E-state index < -0.39 is 29.3 Å². The van der Waals surface area contributed by atoms with Crippen molar-refractivity contribution in [3.8, 4) is 0 Å². The molecule has 1 aromatic heterocycles. The number of fused-ring (bicyclic) bond motifs is 1. The number of anilines is 1. The molecule has 1 saturated heterocycles. The van der Waals surface area contributed by atoms with Crippen molar-refractivity contribution in [2.24, 2.45) is 11.8 Å². The Hall–Kier alpha value is -3.94. The van der Waals surface area contributed by atoms with Crippen LogP contribution in [0.25, 0.3) is 0 Å². The van der Waals surface area contributed by atoms with Crippen molar-refractivity contribution in [1.82, 2.24) is 14.3 Å². The van der Waals surface area contributed by atoms with E-state index in [1.165, 1.54) is 9.58 Å². The molecule has 3 aromatic rings. The van der Waals surface area contributed by atoms with Gasteiger partial charge in [-0.3, -0.25) is 14.5 Å². The summed E-state index contributed by atoms with van der Waals surface area (Å²) < 4.78 is 2.39. The Labute approximate surface area is 183 Å². The van der Waals surface area contributed by atoms with Gasteiger partial charge in [-0.25, -0.2) is 23.9 Å². The number of amides is 2. The van der Waals surface area contributed by atoms with Crippen LogP contribution < -0.4 is 16.3 Å². The van der Waals surface area contributed by atoms with Gasteiger partial charge in [0, 0.05) is 0 Å². The number of aromatic nitrogens is 3. The van der Waals surface area contributed by atoms with Crippen molar-refractivity contribution in [2.45, 2.75) is 25.4 Å². The van der Waals surface area contributed by atoms with Crippen LogP contribution in [-0.4, -0.2) is 26.2 Å². The number of H-pyrrole nitrogens is 1. The van der Waals surface area contributed by atoms with Crippen LogP contribution in [-0.2, 0) is 16.1 Å². The first-order chi connectivity index (χ1) is 15.5. The largest absolute Gasteiger partial charge is 0.347 e. The zero-order valence-corrected chi connectivity index (χ0v) is 17.3. The summed E-state index contributed by atoms with van der Waals surface area (Å²) in [5.74, 6) is -1.58. The maximum absolute atomic E-state index is 13.1. The number of para-hydroxylation sites is 1. The van der Waals surface area contributed by atoms with E-state index in [0.717, 1.165) is 10.1 Å². The van der Waals surface area contributed by atoms with Gasteiger partial charge in [-0.05, 0) is 30.5 Å². The fourth-order valence-electron chi connectivity index (χ4n) is 4.77. The van der Waals surface area contributed by atoms with Gasteiger partial charge in [-0.2, -0.15) is 0 Å². The predicted molar refractivity (Wildman–Crippen MR) is 118 cm³/mol. The molecule has 2 aromatic carbocycles. The number of imide groups is 1. The van der Waals surface area contributed by atoms with Crippen molar-refractivity contribution >= 4 is 17.5 Å². The molecule has 8 heteroatoms. The standard InChI is InChI=1S/C24H22N4O4/c1-15-12-18-19(22(30)27(21(18)29)17-10-6-3-7-11-17)13-20(15)28-24(32)26(23(31)25-28)14-16-8-4-2-5-9-16/h2-11,18-20H,1,12-14H2,(H,25,31)/t18-,19+,20+/m0/s1. The number of nitrogens with zero attached hydrogens (tertiary/aromatic N) is 3. The van der Waals surface area contributed by atoms with Crippen molar-refractivity contribution in [3.63, 3.8) is 0 Å². The second-order valence-corrected chi connectivity index (χ2v) is 8.32. The minimum atomic E-state index is -0.564. The molecule has 3 atom stereocenters. The fraction of sp³-hybridized carbons (Fsp3) is 0.250. The van der Waals surface area contributed by atoms with E-state index in [0.29, 0.717) is 17.7 Å². The van der Waals surface area contributed by atoms with Gasteiger partial charge in [0.15, 0.2) is 0 Å². The third-order valence-corrected chi connectivity index (χ3v) is 6.40. The van der Waals surface area contributed by atoms with Crippen LogP contribution >= 0.6 is 0 Å². The molecule has 1 saturated carbocycles. The number of benzene rings is 2. The zero-order valence-electron chi connectivity index (χ0n) is 17.3. The highest BCUT2D eigenvalue weighted by atomic mass is 16.2. The number of rotatable bonds is 4. The van der Waals surface area contributed by atoms with Gasteiger partial charge < -0.3 is 0 Å². The molecule has 2 fully saturated rings. The van der Waals surface area contributed by atoms with E-state index in [2.05, 4.69) is 11.7 Å². The average molecular weight is 430 g/mol. The van der Waals surface area contributed by atoms with Gasteiger partial charge in [0.25, 0.3) is 0 Å². The lowest BCUT2D eigenvalue weighted by atomic mass is 9.76. The molecular weight excluding hydrogens is 408 g/mol. The van der Waals surface area contributed by atoms with Crippen LogP contribution in [0.15, 0.2) is 82.4 Å². The summed E-state index contributed by atoms with van der Waals surface area (Å²) in [6.45, 7) is 4.23. The molecule has 0 unspecified atom stereocenters. The Morgan fingerprint density at radius 2 is 1.50 bits per heavy atom. The second kappa shape index (κ2) is 7.64. The highest BCUT2D eigenvalue weighted by Crippen LogP contribution is 2.45. The lowest BCUT2D eigenvalue weighted by Crippen LogP contribution is -2.36. The molecule has 32 heavy (non-hydrogen) atoms. The molecule has 0 radical (unpaired) electrons. The molecule has 2 amide bonds. The summed E-state index contributed by atoms with van der Waals surface area (Å²) in [6, 6.07) is 17.5. The van der Waals surface area contributed by atoms with Crippen molar-refractivity contribution in [1.29, 1.82) is 0 Å². The van der Waals surface area contributed by atoms with Crippen molar-refractivity contribution in [2.75, 3.05) is 4.90 Å². The number of carbonyl (C=O) groups is 2. The second-order valence-electron chi connectivity index (χ2n) is 8.32. The summed E-state index contributed by atoms with van der Waals surface area (Å²) in [5.41, 5.74) is 1.01. The molecule has 0 spiro atoms. The molecule has 1 aliphatic heterocycles. The van der Waals surface area contributed by atoms with Crippen molar-refractivity contribution < 1.29 is 9.59 Å². The first-order valence-corrected chi connectivity index (χ1v) is 10.5. The summed E-state index contributed by atoms with van der Waals surface area (Å²) in [7, 11) is 0. The van der Waals surface area contributed by atoms with Crippen LogP contribution in [0.4, 0.5) is 5.69 Å². The van der Waals surface area contributed by atoms with Crippen molar-refractivity contribution in [3.05, 3.63) is 99.3 Å². The minimum absolute atomic E-state index is 0.145. The van der Waals surface area contributed by atoms with Gasteiger partial charge in [0.2, 0.25) is 11.8 Å². The molecule has 2 aliphatic rings. The highest BCUT2D eigenvalue weighted by molar-refractivity contribution is 6.22. The molecule has 2 heterocycles. The molecule has 0 bridgehead atoms. The van der Waals surface area contributed by atoms with Crippen LogP contribution in [0.3, 0.4) is 0 Å². The highest BCUT2D eigenvalue weighted by Gasteiger charge is 2.52. The number of allylic oxidation sites excluding steroid dienone is 1. The van der Waals surface area contributed by atoms with E-state index >= 15 is 0 Å². The van der Waals surface area contributed by atoms with Gasteiger partial charge in [-0.15, -0.1) is 0 Å². The minimum Gasteiger partial charge on any atom is -0.274 e. The van der Waals surface area contributed by atoms with E-state index in [9.17, 15) is 19.2 Å². The smallest absolute Gasteiger partial charge is 0.274 e. The number of aromatic amines is 1. The van der Waals surface area contributed by atoms with E-state index in [-0.39, 0.29) is 24.8 Å². The van der Waals surface area contributed by atoms with Gasteiger partial charge in [0.05, 0.1) is 30.1 Å². The summed E-state index contributed by atoms with van der Waals surface area (Å²) in [4.78, 5) is 53.0. The lowest BCUT2D eigenvalue weighted by molar-refractivity contribution is -0.122. The third-order valence-electron chi connectivity index (χ3n) is 6.40. The fourth-order valence-corrected chi connectivity index (χ4v) is 4.77. The van der Waals surface area contributed by atoms with Crippen LogP contribution in [0, 0.1) is 11.8 Å². The average Bonchev–Trinajstić information content (AvgIpc) is 3.21. The topological polar surface area (TPSA) is 97.2 Å². The first kappa shape index (κ1) is 20.0. The van der Waals surface area contributed by atoms with Crippen LogP contribution in [0.5, 0.6) is 0 Å². The Balaban J connectivity index is 1.45. The van der Waals surface area contributed by atoms with Gasteiger partial charge >= 0.3 is 11.4 Å². The molecule has 1 N–H and O–H groups in total. The maximum Gasteiger partial charge on any atom is 0.347 e. The van der Waals surface area contributed by atoms with E-state index in [4.69, 9.17) is 0 Å². The monoisotopic (exact) mass is 430 g/mol. The molecule has 162 valence electrons. The predicted octanol–water partition coefficient (Wildman–Crippen LogP) is 2.08. The number of hydrogen-bond donors (Lipinski definition) is 1. The van der Waals surface area contributed by atoms with Crippen LogP contribution in [0.1, 0.15) is 24.4 Å². The Morgan fingerprint density at radius 3 is 2.19 bits per heavy atom. The Bertz CT molecular complexity index is 1320. The molecule has 5 rings (SSSR count). The quantitative estimate of drug-likeness (QED) is 0.506. The lowest BCUT2D eigenvalue weighted by Gasteiger charge is -2.30. The Kier molecular flexibility index (Phi) is 4.77. The van der Waals surface area contributed by atoms with Gasteiger partial charge in [-0.1, -0.05) is 60.7 Å². The maximum atomic E-state index is 13.1. The molecular formula is C24H22N4O4. The van der Waals surface area contributed by atoms with E-state index in [1.54, 1.807) is 24.3 Å². The molecule has 1 aliphatic carbocycles. The first-order valence-electron chi connectivity index (χ1n) is 10.5. The number of nitrogens with one attached hydrogen (secondary N) is 1. The summed E-state index contributed by atoms with van der Waals surface area (Å²) in [5, 5.41) is 2.62. The summed E-state index contributed by atoms with van der Waals surface area (Å²) >= 11 is 0. The molecule has 8 nitrogen and oxygen atoms in total. The van der Waals surface area contributed by atoms with Gasteiger partial charge in [0.1, 0.15) is 0 Å². The number of hydrogen-bond acceptors (Lipinski definition) is 4. The SMILES string of the molecule is C=C1C[C@@H]2C(=O)N(c3ccccc3)C(=O)[C@@H]2C[C@H]1n1[nH]c(=O)n(Cc2ccccc2)c1=O. The number of carbonyl (C=O) groups excluding carboxylic acids is 2. The van der Waals surface area contributed by atoms with E-state index in [1.807, 2.05) is 36.4 Å².